The molecule has 1 aliphatic heterocycles. The van der Waals surface area contributed by atoms with Crippen LogP contribution in [0.1, 0.15) is 17.5 Å². The Morgan fingerprint density at radius 3 is 2.65 bits per heavy atom. The molecule has 2 aromatic carbocycles. The number of methoxy groups -OCH3 is 1. The highest BCUT2D eigenvalue weighted by Gasteiger charge is 2.31. The minimum atomic E-state index is 0.0500. The van der Waals surface area contributed by atoms with Crippen LogP contribution in [-0.2, 0) is 17.6 Å². The fourth-order valence-electron chi connectivity index (χ4n) is 4.79. The Kier molecular flexibility index (Phi) is 6.85. The van der Waals surface area contributed by atoms with Crippen LogP contribution in [0.25, 0.3) is 0 Å². The van der Waals surface area contributed by atoms with Gasteiger partial charge in [-0.3, -0.25) is 4.79 Å². The van der Waals surface area contributed by atoms with Gasteiger partial charge in [0.1, 0.15) is 17.9 Å². The third-order valence-electron chi connectivity index (χ3n) is 6.66. The highest BCUT2D eigenvalue weighted by atomic mass is 32.2. The fourth-order valence-corrected chi connectivity index (χ4v) is 5.40. The summed E-state index contributed by atoms with van der Waals surface area (Å²) in [6.45, 7) is 3.23. The zero-order valence-corrected chi connectivity index (χ0v) is 20.1. The van der Waals surface area contributed by atoms with E-state index >= 15 is 0 Å². The number of anilines is 2. The van der Waals surface area contributed by atoms with Gasteiger partial charge in [-0.25, -0.2) is 9.97 Å². The first kappa shape index (κ1) is 22.5. The van der Waals surface area contributed by atoms with Crippen molar-refractivity contribution >= 4 is 29.4 Å². The molecule has 1 unspecified atom stereocenters. The number of amides is 1. The van der Waals surface area contributed by atoms with Crippen molar-refractivity contribution in [2.75, 3.05) is 42.9 Å². The number of rotatable bonds is 6. The van der Waals surface area contributed by atoms with E-state index in [-0.39, 0.29) is 5.92 Å². The van der Waals surface area contributed by atoms with Crippen molar-refractivity contribution in [2.24, 2.45) is 5.92 Å². The second-order valence-corrected chi connectivity index (χ2v) is 9.52. The van der Waals surface area contributed by atoms with E-state index in [1.807, 2.05) is 18.2 Å². The van der Waals surface area contributed by atoms with Gasteiger partial charge < -0.3 is 19.3 Å². The molecular formula is C26H29N5O2S. The maximum Gasteiger partial charge on any atom is 0.226 e. The minimum absolute atomic E-state index is 0.0500. The zero-order chi connectivity index (χ0) is 23.3. The lowest BCUT2D eigenvalue weighted by Gasteiger charge is -2.38. The number of nitrogens with one attached hydrogen (secondary N) is 1. The number of aromatic nitrogens is 2. The molecule has 2 heterocycles. The van der Waals surface area contributed by atoms with Gasteiger partial charge in [-0.15, -0.1) is 0 Å². The molecule has 1 N–H and O–H groups in total. The van der Waals surface area contributed by atoms with Gasteiger partial charge in [0.05, 0.1) is 7.11 Å². The lowest BCUT2D eigenvalue weighted by atomic mass is 9.82. The van der Waals surface area contributed by atoms with Crippen molar-refractivity contribution in [3.05, 3.63) is 72.2 Å². The van der Waals surface area contributed by atoms with E-state index in [1.165, 1.54) is 35.1 Å². The second kappa shape index (κ2) is 10.3. The quantitative estimate of drug-likeness (QED) is 0.539. The summed E-state index contributed by atoms with van der Waals surface area (Å²) >= 11 is 1.53. The molecule has 1 aliphatic carbocycles. The number of ether oxygens (including phenoxy) is 1. The van der Waals surface area contributed by atoms with E-state index in [4.69, 9.17) is 4.74 Å². The number of nitrogens with zero attached hydrogens (tertiary/aromatic N) is 4. The Labute approximate surface area is 204 Å². The molecule has 3 aromatic rings. The predicted molar refractivity (Wildman–Crippen MR) is 135 cm³/mol. The van der Waals surface area contributed by atoms with E-state index < -0.39 is 0 Å². The van der Waals surface area contributed by atoms with Crippen LogP contribution in [0.15, 0.2) is 66.0 Å². The van der Waals surface area contributed by atoms with Crippen LogP contribution in [0.4, 0.5) is 11.5 Å². The van der Waals surface area contributed by atoms with Crippen molar-refractivity contribution in [3.63, 3.8) is 0 Å². The van der Waals surface area contributed by atoms with Crippen molar-refractivity contribution < 1.29 is 9.53 Å². The van der Waals surface area contributed by atoms with Gasteiger partial charge in [-0.1, -0.05) is 12.1 Å². The van der Waals surface area contributed by atoms with E-state index in [2.05, 4.69) is 54.8 Å². The molecule has 1 aromatic heterocycles. The number of benzene rings is 2. The summed E-state index contributed by atoms with van der Waals surface area (Å²) in [5.41, 5.74) is 3.72. The van der Waals surface area contributed by atoms with Gasteiger partial charge in [0.2, 0.25) is 5.91 Å². The lowest BCUT2D eigenvalue weighted by molar-refractivity contribution is -0.136. The fraction of sp³-hybridized carbons (Fsp3) is 0.346. The summed E-state index contributed by atoms with van der Waals surface area (Å²) in [7, 11) is 1.71. The van der Waals surface area contributed by atoms with Gasteiger partial charge in [0.15, 0.2) is 0 Å². The van der Waals surface area contributed by atoms with Gasteiger partial charge in [-0.05, 0) is 78.7 Å². The van der Waals surface area contributed by atoms with E-state index in [0.29, 0.717) is 5.91 Å². The second-order valence-electron chi connectivity index (χ2n) is 8.64. The van der Waals surface area contributed by atoms with Gasteiger partial charge in [-0.2, -0.15) is 0 Å². The van der Waals surface area contributed by atoms with Gasteiger partial charge in [0, 0.05) is 48.9 Å². The Balaban J connectivity index is 1.14. The number of carbonyl (C=O) groups is 1. The Morgan fingerprint density at radius 1 is 1.09 bits per heavy atom. The molecule has 1 atom stereocenters. The van der Waals surface area contributed by atoms with E-state index in [0.717, 1.165) is 61.9 Å². The molecule has 0 radical (unpaired) electrons. The molecule has 1 saturated heterocycles. The maximum absolute atomic E-state index is 13.3. The number of hydrogen-bond acceptors (Lipinski definition) is 7. The van der Waals surface area contributed by atoms with Crippen molar-refractivity contribution in [1.82, 2.24) is 14.9 Å². The average molecular weight is 476 g/mol. The van der Waals surface area contributed by atoms with Crippen molar-refractivity contribution in [1.29, 1.82) is 0 Å². The molecular weight excluding hydrogens is 446 g/mol. The van der Waals surface area contributed by atoms with E-state index in [9.17, 15) is 4.79 Å². The molecule has 34 heavy (non-hydrogen) atoms. The third kappa shape index (κ3) is 4.97. The molecule has 5 rings (SSSR count). The summed E-state index contributed by atoms with van der Waals surface area (Å²) in [5.74, 6) is 2.03. The Morgan fingerprint density at radius 2 is 1.91 bits per heavy atom. The largest absolute Gasteiger partial charge is 0.496 e. The number of aryl methyl sites for hydroxylation is 1. The van der Waals surface area contributed by atoms with Crippen molar-refractivity contribution in [3.8, 4) is 5.75 Å². The summed E-state index contributed by atoms with van der Waals surface area (Å²) in [6.07, 6.45) is 5.88. The first-order chi connectivity index (χ1) is 16.7. The standard InChI is InChI=1S/C26H29N5O2S/c1-33-24-4-2-3-19-5-6-20(17-23(19)24)26(32)31-15-13-30(14-16-31)21-7-9-22(10-8-21)34-29-25-11-12-27-18-28-25/h2-4,7-12,18,20H,5-6,13-17H2,1H3,(H,27,28,29). The monoisotopic (exact) mass is 475 g/mol. The molecule has 7 nitrogen and oxygen atoms in total. The van der Waals surface area contributed by atoms with E-state index in [1.54, 1.807) is 13.3 Å². The van der Waals surface area contributed by atoms with Crippen LogP contribution in [0.2, 0.25) is 0 Å². The molecule has 0 bridgehead atoms. The first-order valence-corrected chi connectivity index (χ1v) is 12.5. The predicted octanol–water partition coefficient (Wildman–Crippen LogP) is 4.06. The third-order valence-corrected chi connectivity index (χ3v) is 7.48. The lowest BCUT2D eigenvalue weighted by Crippen LogP contribution is -2.51. The number of hydrogen-bond donors (Lipinski definition) is 1. The van der Waals surface area contributed by atoms with Crippen LogP contribution in [0.5, 0.6) is 5.75 Å². The molecule has 0 spiro atoms. The molecule has 8 heteroatoms. The van der Waals surface area contributed by atoms with Crippen LogP contribution in [0.3, 0.4) is 0 Å². The number of fused-ring (bicyclic) bond motifs is 1. The molecule has 176 valence electrons. The molecule has 1 amide bonds. The average Bonchev–Trinajstić information content (AvgIpc) is 2.92. The highest BCUT2D eigenvalue weighted by Crippen LogP contribution is 2.33. The zero-order valence-electron chi connectivity index (χ0n) is 19.3. The van der Waals surface area contributed by atoms with Crippen LogP contribution in [0, 0.1) is 5.92 Å². The topological polar surface area (TPSA) is 70.6 Å². The SMILES string of the molecule is COc1cccc2c1CC(C(=O)N1CCN(c3ccc(SNc4ccncn4)cc3)CC1)CC2. The van der Waals surface area contributed by atoms with Crippen molar-refractivity contribution in [2.45, 2.75) is 24.2 Å². The Bertz CT molecular complexity index is 1100. The number of piperazine rings is 1. The van der Waals surface area contributed by atoms with Gasteiger partial charge in [0.25, 0.3) is 0 Å². The normalized spacial score (nSPS) is 17.7. The Hall–Kier alpha value is -3.26. The maximum atomic E-state index is 13.3. The summed E-state index contributed by atoms with van der Waals surface area (Å²) in [5, 5.41) is 0. The smallest absolute Gasteiger partial charge is 0.226 e. The van der Waals surface area contributed by atoms with Gasteiger partial charge >= 0.3 is 0 Å². The summed E-state index contributed by atoms with van der Waals surface area (Å²) in [6, 6.07) is 16.5. The summed E-state index contributed by atoms with van der Waals surface area (Å²) < 4.78 is 8.78. The first-order valence-electron chi connectivity index (χ1n) is 11.7. The molecule has 1 fully saturated rings. The van der Waals surface area contributed by atoms with Crippen LogP contribution >= 0.6 is 11.9 Å². The number of carbonyl (C=O) groups excluding carboxylic acids is 1. The van der Waals surface area contributed by atoms with Crippen LogP contribution < -0.4 is 14.4 Å². The molecule has 0 saturated carbocycles. The molecule has 2 aliphatic rings. The highest BCUT2D eigenvalue weighted by molar-refractivity contribution is 8.00. The summed E-state index contributed by atoms with van der Waals surface area (Å²) in [4.78, 5) is 26.9. The minimum Gasteiger partial charge on any atom is -0.496 e. The van der Waals surface area contributed by atoms with Crippen LogP contribution in [-0.4, -0.2) is 54.1 Å².